The summed E-state index contributed by atoms with van der Waals surface area (Å²) in [4.78, 5) is 24.2. The van der Waals surface area contributed by atoms with Gasteiger partial charge in [0.05, 0.1) is 19.3 Å². The van der Waals surface area contributed by atoms with Gasteiger partial charge in [-0.3, -0.25) is 5.32 Å². The first kappa shape index (κ1) is 14.5. The van der Waals surface area contributed by atoms with Crippen LogP contribution in [0.5, 0.6) is 0 Å². The molecule has 100 valence electrons. The Balaban J connectivity index is 3.10. The first-order chi connectivity index (χ1) is 8.54. The number of thiophene rings is 1. The number of carbonyl (C=O) groups excluding carboxylic acids is 2. The number of hydrogen-bond donors (Lipinski definition) is 1. The molecule has 0 radical (unpaired) electrons. The molecule has 0 aliphatic carbocycles. The topological polar surface area (TPSA) is 64.6 Å². The van der Waals surface area contributed by atoms with Crippen LogP contribution in [0.25, 0.3) is 0 Å². The quantitative estimate of drug-likeness (QED) is 0.855. The molecule has 0 unspecified atom stereocenters. The highest BCUT2D eigenvalue weighted by atomic mass is 32.1. The third-order valence-electron chi connectivity index (χ3n) is 2.44. The van der Waals surface area contributed by atoms with E-state index in [2.05, 4.69) is 5.32 Å². The van der Waals surface area contributed by atoms with E-state index in [1.807, 2.05) is 13.8 Å². The van der Waals surface area contributed by atoms with E-state index in [9.17, 15) is 9.59 Å². The molecule has 1 aromatic rings. The molecule has 0 spiro atoms. The van der Waals surface area contributed by atoms with Crippen molar-refractivity contribution in [1.82, 2.24) is 0 Å². The molecule has 0 saturated heterocycles. The molecule has 5 nitrogen and oxygen atoms in total. The van der Waals surface area contributed by atoms with E-state index < -0.39 is 12.1 Å². The standard InChI is InChI=1S/C12H17NO4S/c1-5-8-7(3)18-10(9(8)11(14)16-4)13-12(15)17-6-2/h5-6H2,1-4H3,(H,13,15). The number of carbonyl (C=O) groups is 2. The Labute approximate surface area is 110 Å². The van der Waals surface area contributed by atoms with Crippen LogP contribution < -0.4 is 5.32 Å². The summed E-state index contributed by atoms with van der Waals surface area (Å²) < 4.78 is 9.55. The minimum absolute atomic E-state index is 0.282. The predicted molar refractivity (Wildman–Crippen MR) is 70.4 cm³/mol. The summed E-state index contributed by atoms with van der Waals surface area (Å²) in [7, 11) is 1.32. The number of esters is 1. The molecule has 0 aromatic carbocycles. The largest absolute Gasteiger partial charge is 0.465 e. The van der Waals surface area contributed by atoms with Crippen molar-refractivity contribution in [2.24, 2.45) is 0 Å². The Morgan fingerprint density at radius 3 is 2.50 bits per heavy atom. The van der Waals surface area contributed by atoms with Crippen molar-refractivity contribution in [3.63, 3.8) is 0 Å². The lowest BCUT2D eigenvalue weighted by Gasteiger charge is -2.06. The van der Waals surface area contributed by atoms with Crippen molar-refractivity contribution in [1.29, 1.82) is 0 Å². The number of ether oxygens (including phenoxy) is 2. The molecule has 6 heteroatoms. The Bertz CT molecular complexity index is 453. The summed E-state index contributed by atoms with van der Waals surface area (Å²) in [5.41, 5.74) is 1.33. The second-order valence-corrected chi connectivity index (χ2v) is 4.76. The summed E-state index contributed by atoms with van der Waals surface area (Å²) >= 11 is 1.35. The summed E-state index contributed by atoms with van der Waals surface area (Å²) in [6.45, 7) is 5.87. The zero-order chi connectivity index (χ0) is 13.7. The van der Waals surface area contributed by atoms with Crippen molar-refractivity contribution in [3.05, 3.63) is 16.0 Å². The average Bonchev–Trinajstić information content (AvgIpc) is 2.64. The molecule has 1 heterocycles. The maximum Gasteiger partial charge on any atom is 0.412 e. The van der Waals surface area contributed by atoms with E-state index >= 15 is 0 Å². The molecular formula is C12H17NO4S. The van der Waals surface area contributed by atoms with Gasteiger partial charge in [0, 0.05) is 4.88 Å². The van der Waals surface area contributed by atoms with Crippen LogP contribution >= 0.6 is 11.3 Å². The van der Waals surface area contributed by atoms with Crippen molar-refractivity contribution < 1.29 is 19.1 Å². The second kappa shape index (κ2) is 6.39. The fraction of sp³-hybridized carbons (Fsp3) is 0.500. The Kier molecular flexibility index (Phi) is 5.15. The van der Waals surface area contributed by atoms with Crippen LogP contribution in [0, 0.1) is 6.92 Å². The normalized spacial score (nSPS) is 10.0. The van der Waals surface area contributed by atoms with Crippen LogP contribution in [-0.2, 0) is 15.9 Å². The number of nitrogens with one attached hydrogen (secondary N) is 1. The third kappa shape index (κ3) is 3.01. The van der Waals surface area contributed by atoms with Crippen molar-refractivity contribution in [2.75, 3.05) is 19.0 Å². The van der Waals surface area contributed by atoms with Gasteiger partial charge in [-0.05, 0) is 25.8 Å². The molecular weight excluding hydrogens is 254 g/mol. The number of aryl methyl sites for hydroxylation is 1. The van der Waals surface area contributed by atoms with Gasteiger partial charge in [-0.15, -0.1) is 11.3 Å². The highest BCUT2D eigenvalue weighted by molar-refractivity contribution is 7.16. The molecule has 1 amide bonds. The van der Waals surface area contributed by atoms with E-state index in [0.29, 0.717) is 17.0 Å². The summed E-state index contributed by atoms with van der Waals surface area (Å²) in [6, 6.07) is 0. The Morgan fingerprint density at radius 2 is 2.00 bits per heavy atom. The van der Waals surface area contributed by atoms with Crippen molar-refractivity contribution >= 4 is 28.4 Å². The lowest BCUT2D eigenvalue weighted by molar-refractivity contribution is 0.0601. The molecule has 0 bridgehead atoms. The molecule has 0 aliphatic rings. The fourth-order valence-corrected chi connectivity index (χ4v) is 2.79. The van der Waals surface area contributed by atoms with Crippen molar-refractivity contribution in [2.45, 2.75) is 27.2 Å². The SMILES string of the molecule is CCOC(=O)Nc1sc(C)c(CC)c1C(=O)OC. The highest BCUT2D eigenvalue weighted by Crippen LogP contribution is 2.34. The molecule has 0 saturated carbocycles. The fourth-order valence-electron chi connectivity index (χ4n) is 1.67. The monoisotopic (exact) mass is 271 g/mol. The van der Waals surface area contributed by atoms with Gasteiger partial charge in [-0.25, -0.2) is 9.59 Å². The minimum atomic E-state index is -0.563. The molecule has 1 rings (SSSR count). The van der Waals surface area contributed by atoms with Gasteiger partial charge in [0.2, 0.25) is 0 Å². The zero-order valence-corrected chi connectivity index (χ0v) is 11.8. The maximum atomic E-state index is 11.8. The van der Waals surface area contributed by atoms with Crippen LogP contribution in [-0.4, -0.2) is 25.8 Å². The number of anilines is 1. The predicted octanol–water partition coefficient (Wildman–Crippen LogP) is 2.97. The zero-order valence-electron chi connectivity index (χ0n) is 11.0. The third-order valence-corrected chi connectivity index (χ3v) is 3.51. The summed E-state index contributed by atoms with van der Waals surface area (Å²) in [6.07, 6.45) is 0.142. The summed E-state index contributed by atoms with van der Waals surface area (Å²) in [5.74, 6) is -0.442. The number of rotatable bonds is 4. The van der Waals surface area contributed by atoms with E-state index in [0.717, 1.165) is 10.4 Å². The number of amides is 1. The van der Waals surface area contributed by atoms with E-state index in [4.69, 9.17) is 9.47 Å². The first-order valence-corrected chi connectivity index (χ1v) is 6.51. The number of methoxy groups -OCH3 is 1. The first-order valence-electron chi connectivity index (χ1n) is 5.69. The van der Waals surface area contributed by atoms with Crippen LogP contribution in [0.4, 0.5) is 9.80 Å². The smallest absolute Gasteiger partial charge is 0.412 e. The van der Waals surface area contributed by atoms with Crippen LogP contribution in [0.3, 0.4) is 0 Å². The minimum Gasteiger partial charge on any atom is -0.465 e. The van der Waals surface area contributed by atoms with Crippen LogP contribution in [0.15, 0.2) is 0 Å². The van der Waals surface area contributed by atoms with Gasteiger partial charge in [-0.2, -0.15) is 0 Å². The van der Waals surface area contributed by atoms with Gasteiger partial charge >= 0.3 is 12.1 Å². The van der Waals surface area contributed by atoms with E-state index in [-0.39, 0.29) is 6.61 Å². The lowest BCUT2D eigenvalue weighted by atomic mass is 10.1. The molecule has 18 heavy (non-hydrogen) atoms. The molecule has 1 aromatic heterocycles. The Hall–Kier alpha value is -1.56. The maximum absolute atomic E-state index is 11.8. The van der Waals surface area contributed by atoms with Gasteiger partial charge in [0.25, 0.3) is 0 Å². The van der Waals surface area contributed by atoms with Crippen LogP contribution in [0.1, 0.15) is 34.6 Å². The summed E-state index contributed by atoms with van der Waals surface area (Å²) in [5, 5.41) is 3.06. The molecule has 1 N–H and O–H groups in total. The van der Waals surface area contributed by atoms with Gasteiger partial charge in [0.15, 0.2) is 0 Å². The van der Waals surface area contributed by atoms with Crippen LogP contribution in [0.2, 0.25) is 0 Å². The van der Waals surface area contributed by atoms with Gasteiger partial charge < -0.3 is 9.47 Å². The van der Waals surface area contributed by atoms with E-state index in [1.165, 1.54) is 18.4 Å². The van der Waals surface area contributed by atoms with Crippen molar-refractivity contribution in [3.8, 4) is 0 Å². The lowest BCUT2D eigenvalue weighted by Crippen LogP contribution is -2.15. The average molecular weight is 271 g/mol. The highest BCUT2D eigenvalue weighted by Gasteiger charge is 2.23. The van der Waals surface area contributed by atoms with Gasteiger partial charge in [-0.1, -0.05) is 6.92 Å². The molecule has 0 aliphatic heterocycles. The molecule has 0 atom stereocenters. The second-order valence-electron chi connectivity index (χ2n) is 3.53. The molecule has 0 fully saturated rings. The van der Waals surface area contributed by atoms with Gasteiger partial charge in [0.1, 0.15) is 5.00 Å². The number of hydrogen-bond acceptors (Lipinski definition) is 5. The van der Waals surface area contributed by atoms with E-state index in [1.54, 1.807) is 6.92 Å². The Morgan fingerprint density at radius 1 is 1.33 bits per heavy atom.